The van der Waals surface area contributed by atoms with Crippen molar-refractivity contribution in [1.82, 2.24) is 4.90 Å². The first-order valence-corrected chi connectivity index (χ1v) is 11.0. The molecular formula is C23H38N2O3. The summed E-state index contributed by atoms with van der Waals surface area (Å²) in [6, 6.07) is 7.62. The number of anilines is 1. The second kappa shape index (κ2) is 12.1. The summed E-state index contributed by atoms with van der Waals surface area (Å²) in [5.74, 6) is 0.764. The van der Waals surface area contributed by atoms with Crippen molar-refractivity contribution in [3.05, 3.63) is 24.3 Å². The molecule has 0 saturated carbocycles. The van der Waals surface area contributed by atoms with Gasteiger partial charge in [0.05, 0.1) is 6.61 Å². The van der Waals surface area contributed by atoms with Gasteiger partial charge in [0.25, 0.3) is 5.91 Å². The van der Waals surface area contributed by atoms with Gasteiger partial charge in [0, 0.05) is 18.8 Å². The lowest BCUT2D eigenvalue weighted by atomic mass is 9.96. The number of ether oxygens (including phenoxy) is 2. The van der Waals surface area contributed by atoms with Crippen LogP contribution in [-0.4, -0.2) is 49.3 Å². The van der Waals surface area contributed by atoms with Crippen LogP contribution in [0.1, 0.15) is 65.7 Å². The number of unbranched alkanes of at least 4 members (excludes halogenated alkanes) is 2. The Bertz CT molecular complexity index is 570. The van der Waals surface area contributed by atoms with Gasteiger partial charge in [-0.3, -0.25) is 4.79 Å². The molecule has 2 rings (SSSR count). The molecule has 0 unspecified atom stereocenters. The Balaban J connectivity index is 1.78. The Morgan fingerprint density at radius 3 is 2.46 bits per heavy atom. The molecule has 0 aliphatic carbocycles. The monoisotopic (exact) mass is 390 g/mol. The fraction of sp³-hybridized carbons (Fsp3) is 0.696. The third-order valence-corrected chi connectivity index (χ3v) is 5.40. The lowest BCUT2D eigenvalue weighted by molar-refractivity contribution is -0.139. The van der Waals surface area contributed by atoms with Crippen molar-refractivity contribution >= 4 is 11.6 Å². The third-order valence-electron chi connectivity index (χ3n) is 5.40. The molecule has 1 aliphatic heterocycles. The van der Waals surface area contributed by atoms with Gasteiger partial charge in [-0.2, -0.15) is 0 Å². The number of hydrogen-bond donors (Lipinski definition) is 1. The van der Waals surface area contributed by atoms with E-state index in [1.54, 1.807) is 0 Å². The van der Waals surface area contributed by atoms with E-state index in [1.165, 1.54) is 25.9 Å². The molecule has 1 aromatic carbocycles. The van der Waals surface area contributed by atoms with Gasteiger partial charge in [-0.25, -0.2) is 0 Å². The van der Waals surface area contributed by atoms with E-state index in [4.69, 9.17) is 9.47 Å². The maximum absolute atomic E-state index is 12.8. The first-order valence-electron chi connectivity index (χ1n) is 11.0. The third kappa shape index (κ3) is 7.44. The van der Waals surface area contributed by atoms with Crippen LogP contribution in [0.25, 0.3) is 0 Å². The normalized spacial score (nSPS) is 16.7. The first-order chi connectivity index (χ1) is 13.6. The van der Waals surface area contributed by atoms with Gasteiger partial charge in [-0.15, -0.1) is 0 Å². The topological polar surface area (TPSA) is 50.8 Å². The summed E-state index contributed by atoms with van der Waals surface area (Å²) >= 11 is 0. The average molecular weight is 391 g/mol. The van der Waals surface area contributed by atoms with Crippen LogP contribution >= 0.6 is 0 Å². The molecule has 28 heavy (non-hydrogen) atoms. The maximum atomic E-state index is 12.8. The number of nitrogens with one attached hydrogen (secondary N) is 1. The summed E-state index contributed by atoms with van der Waals surface area (Å²) in [7, 11) is 0. The molecule has 5 nitrogen and oxygen atoms in total. The maximum Gasteiger partial charge on any atom is 0.256 e. The van der Waals surface area contributed by atoms with Crippen LogP contribution in [0.2, 0.25) is 0 Å². The van der Waals surface area contributed by atoms with Gasteiger partial charge in [-0.05, 0) is 76.9 Å². The highest BCUT2D eigenvalue weighted by Crippen LogP contribution is 2.23. The first kappa shape index (κ1) is 22.7. The zero-order valence-electron chi connectivity index (χ0n) is 18.0. The highest BCUT2D eigenvalue weighted by atomic mass is 16.5. The summed E-state index contributed by atoms with van der Waals surface area (Å²) in [5, 5.41) is 3.00. The van der Waals surface area contributed by atoms with Gasteiger partial charge in [0.1, 0.15) is 11.4 Å². The molecule has 0 aromatic heterocycles. The van der Waals surface area contributed by atoms with Crippen LogP contribution in [0.15, 0.2) is 24.3 Å². The molecule has 1 N–H and O–H groups in total. The van der Waals surface area contributed by atoms with E-state index in [0.29, 0.717) is 6.61 Å². The van der Waals surface area contributed by atoms with Crippen molar-refractivity contribution in [2.24, 2.45) is 0 Å². The van der Waals surface area contributed by atoms with Crippen molar-refractivity contribution in [2.75, 3.05) is 38.2 Å². The largest absolute Gasteiger partial charge is 0.494 e. The van der Waals surface area contributed by atoms with Crippen LogP contribution in [0, 0.1) is 0 Å². The summed E-state index contributed by atoms with van der Waals surface area (Å²) < 4.78 is 11.6. The van der Waals surface area contributed by atoms with Gasteiger partial charge in [-0.1, -0.05) is 26.2 Å². The molecule has 158 valence electrons. The molecule has 1 fully saturated rings. The minimum absolute atomic E-state index is 0.0789. The standard InChI is InChI=1S/C23H38N2O3/c1-4-6-7-15-23(3,28-5-2)22(26)24-20-11-13-21(14-12-20)27-19-10-18-25-16-8-9-17-25/h11-14H,4-10,15-19H2,1-3H3,(H,24,26)/t23-/m1/s1. The molecule has 1 amide bonds. The average Bonchev–Trinajstić information content (AvgIpc) is 3.20. The van der Waals surface area contributed by atoms with Crippen LogP contribution in [0.5, 0.6) is 5.75 Å². The number of rotatable bonds is 13. The number of hydrogen-bond acceptors (Lipinski definition) is 4. The molecule has 1 aromatic rings. The van der Waals surface area contributed by atoms with Crippen molar-refractivity contribution in [1.29, 1.82) is 0 Å². The predicted octanol–water partition coefficient (Wildman–Crippen LogP) is 4.87. The minimum Gasteiger partial charge on any atom is -0.494 e. The van der Waals surface area contributed by atoms with E-state index in [1.807, 2.05) is 38.1 Å². The minimum atomic E-state index is -0.783. The van der Waals surface area contributed by atoms with Crippen LogP contribution < -0.4 is 10.1 Å². The Labute approximate surface area is 170 Å². The van der Waals surface area contributed by atoms with Crippen molar-refractivity contribution < 1.29 is 14.3 Å². The van der Waals surface area contributed by atoms with Crippen LogP contribution in [0.4, 0.5) is 5.69 Å². The highest BCUT2D eigenvalue weighted by Gasteiger charge is 2.33. The Kier molecular flexibility index (Phi) is 9.79. The smallest absolute Gasteiger partial charge is 0.256 e. The summed E-state index contributed by atoms with van der Waals surface area (Å²) in [5.41, 5.74) is -0.00915. The van der Waals surface area contributed by atoms with Gasteiger partial charge < -0.3 is 19.7 Å². The van der Waals surface area contributed by atoms with E-state index < -0.39 is 5.60 Å². The molecule has 1 atom stereocenters. The van der Waals surface area contributed by atoms with E-state index >= 15 is 0 Å². The van der Waals surface area contributed by atoms with E-state index in [-0.39, 0.29) is 5.91 Å². The van der Waals surface area contributed by atoms with Crippen molar-refractivity contribution in [2.45, 2.75) is 71.3 Å². The van der Waals surface area contributed by atoms with Gasteiger partial charge in [0.15, 0.2) is 0 Å². The number of likely N-dealkylation sites (tertiary alicyclic amines) is 1. The van der Waals surface area contributed by atoms with Crippen molar-refractivity contribution in [3.8, 4) is 5.75 Å². The lowest BCUT2D eigenvalue weighted by Crippen LogP contribution is -2.42. The number of carbonyl (C=O) groups is 1. The summed E-state index contributed by atoms with van der Waals surface area (Å²) in [6.45, 7) is 10.8. The SMILES string of the molecule is CCCCC[C@@](C)(OCC)C(=O)Nc1ccc(OCCCN2CCCC2)cc1. The van der Waals surface area contributed by atoms with Gasteiger partial charge in [0.2, 0.25) is 0 Å². The fourth-order valence-corrected chi connectivity index (χ4v) is 3.66. The lowest BCUT2D eigenvalue weighted by Gasteiger charge is -2.28. The second-order valence-electron chi connectivity index (χ2n) is 7.85. The molecule has 1 aliphatic rings. The zero-order chi connectivity index (χ0) is 20.2. The van der Waals surface area contributed by atoms with Crippen LogP contribution in [0.3, 0.4) is 0 Å². The van der Waals surface area contributed by atoms with Crippen molar-refractivity contribution in [3.63, 3.8) is 0 Å². The molecule has 5 heteroatoms. The molecule has 1 saturated heterocycles. The number of amides is 1. The Hall–Kier alpha value is -1.59. The number of benzene rings is 1. The van der Waals surface area contributed by atoms with E-state index in [2.05, 4.69) is 17.1 Å². The molecule has 0 spiro atoms. The molecule has 0 radical (unpaired) electrons. The Morgan fingerprint density at radius 2 is 1.82 bits per heavy atom. The number of nitrogens with zero attached hydrogens (tertiary/aromatic N) is 1. The summed E-state index contributed by atoms with van der Waals surface area (Å²) in [4.78, 5) is 15.3. The Morgan fingerprint density at radius 1 is 1.11 bits per heavy atom. The molecular weight excluding hydrogens is 352 g/mol. The van der Waals surface area contributed by atoms with E-state index in [9.17, 15) is 4.79 Å². The predicted molar refractivity (Wildman–Crippen MR) is 115 cm³/mol. The summed E-state index contributed by atoms with van der Waals surface area (Å²) in [6.07, 6.45) is 7.67. The fourth-order valence-electron chi connectivity index (χ4n) is 3.66. The second-order valence-corrected chi connectivity index (χ2v) is 7.85. The molecule has 0 bridgehead atoms. The quantitative estimate of drug-likeness (QED) is 0.489. The zero-order valence-corrected chi connectivity index (χ0v) is 18.0. The highest BCUT2D eigenvalue weighted by molar-refractivity contribution is 5.97. The van der Waals surface area contributed by atoms with Crippen LogP contribution in [-0.2, 0) is 9.53 Å². The van der Waals surface area contributed by atoms with E-state index in [0.717, 1.165) is 56.7 Å². The molecule has 1 heterocycles. The van der Waals surface area contributed by atoms with Gasteiger partial charge >= 0.3 is 0 Å². The number of carbonyl (C=O) groups excluding carboxylic acids is 1.